The lowest BCUT2D eigenvalue weighted by atomic mass is 10.1. The third-order valence-corrected chi connectivity index (χ3v) is 3.57. The van der Waals surface area contributed by atoms with Crippen molar-refractivity contribution in [3.05, 3.63) is 64.5 Å². The van der Waals surface area contributed by atoms with Crippen molar-refractivity contribution in [1.29, 1.82) is 0 Å². The Morgan fingerprint density at radius 3 is 2.67 bits per heavy atom. The highest BCUT2D eigenvalue weighted by atomic mass is 79.9. The number of H-pyrrole nitrogens is 2. The van der Waals surface area contributed by atoms with Gasteiger partial charge in [0.15, 0.2) is 0 Å². The van der Waals surface area contributed by atoms with E-state index in [4.69, 9.17) is 0 Å². The number of amides is 1. The molecule has 1 amide bonds. The molecule has 0 radical (unpaired) electrons. The molecule has 1 aromatic carbocycles. The van der Waals surface area contributed by atoms with E-state index in [-0.39, 0.29) is 5.91 Å². The van der Waals surface area contributed by atoms with Crippen molar-refractivity contribution in [2.45, 2.75) is 6.54 Å². The third-order valence-electron chi connectivity index (χ3n) is 3.11. The summed E-state index contributed by atoms with van der Waals surface area (Å²) in [7, 11) is 0. The number of nitrogens with one attached hydrogen (secondary N) is 3. The van der Waals surface area contributed by atoms with E-state index in [1.54, 1.807) is 18.5 Å². The molecule has 0 bridgehead atoms. The molecule has 0 saturated carbocycles. The fourth-order valence-corrected chi connectivity index (χ4v) is 2.34. The average Bonchev–Trinajstić information content (AvgIpc) is 3.16. The summed E-state index contributed by atoms with van der Waals surface area (Å²) in [5, 5.41) is 9.72. The minimum Gasteiger partial charge on any atom is -0.356 e. The summed E-state index contributed by atoms with van der Waals surface area (Å²) in [6, 6.07) is 11.6. The highest BCUT2D eigenvalue weighted by Crippen LogP contribution is 2.16. The van der Waals surface area contributed by atoms with Crippen LogP contribution in [0.15, 0.2) is 53.3 Å². The van der Waals surface area contributed by atoms with Crippen LogP contribution in [0.5, 0.6) is 0 Å². The summed E-state index contributed by atoms with van der Waals surface area (Å²) in [6.45, 7) is 0.485. The fraction of sp³-hybridized carbons (Fsp3) is 0.0667. The standard InChI is InChI=1S/C15H13BrN4O/c16-12-7-14(17-9-12)15(21)18-8-10-1-3-11(4-2-10)13-5-6-19-20-13/h1-7,9,17H,8H2,(H,18,21)(H,19,20). The van der Waals surface area contributed by atoms with Crippen LogP contribution in [0.1, 0.15) is 16.1 Å². The lowest BCUT2D eigenvalue weighted by molar-refractivity contribution is 0.0946. The number of nitrogens with zero attached hydrogens (tertiary/aromatic N) is 1. The van der Waals surface area contributed by atoms with Crippen LogP contribution >= 0.6 is 15.9 Å². The van der Waals surface area contributed by atoms with Gasteiger partial charge in [-0.2, -0.15) is 5.10 Å². The number of halogens is 1. The number of aromatic amines is 2. The molecule has 3 rings (SSSR count). The van der Waals surface area contributed by atoms with Crippen LogP contribution in [-0.2, 0) is 6.54 Å². The normalized spacial score (nSPS) is 10.5. The second-order valence-corrected chi connectivity index (χ2v) is 5.50. The number of hydrogen-bond acceptors (Lipinski definition) is 2. The van der Waals surface area contributed by atoms with Gasteiger partial charge >= 0.3 is 0 Å². The summed E-state index contributed by atoms with van der Waals surface area (Å²) in [4.78, 5) is 14.8. The maximum atomic E-state index is 11.9. The number of carbonyl (C=O) groups excluding carboxylic acids is 1. The van der Waals surface area contributed by atoms with Gasteiger partial charge in [0, 0.05) is 23.4 Å². The lowest BCUT2D eigenvalue weighted by Gasteiger charge is -2.05. The summed E-state index contributed by atoms with van der Waals surface area (Å²) in [5.74, 6) is -0.127. The minimum atomic E-state index is -0.127. The van der Waals surface area contributed by atoms with E-state index in [2.05, 4.69) is 36.4 Å². The van der Waals surface area contributed by atoms with E-state index in [0.29, 0.717) is 12.2 Å². The molecule has 2 aromatic heterocycles. The zero-order chi connectivity index (χ0) is 14.7. The van der Waals surface area contributed by atoms with Crippen LogP contribution < -0.4 is 5.32 Å². The van der Waals surface area contributed by atoms with E-state index < -0.39 is 0 Å². The minimum absolute atomic E-state index is 0.127. The van der Waals surface area contributed by atoms with Crippen molar-refractivity contribution < 1.29 is 4.79 Å². The largest absolute Gasteiger partial charge is 0.356 e. The average molecular weight is 345 g/mol. The molecule has 0 atom stereocenters. The third kappa shape index (κ3) is 3.22. The molecule has 2 heterocycles. The van der Waals surface area contributed by atoms with Gasteiger partial charge in [-0.15, -0.1) is 0 Å². The SMILES string of the molecule is O=C(NCc1ccc(-c2ccn[nH]2)cc1)c1cc(Br)c[nH]1. The predicted molar refractivity (Wildman–Crippen MR) is 83.7 cm³/mol. The summed E-state index contributed by atoms with van der Waals surface area (Å²) >= 11 is 3.30. The van der Waals surface area contributed by atoms with Gasteiger partial charge in [-0.1, -0.05) is 24.3 Å². The summed E-state index contributed by atoms with van der Waals surface area (Å²) in [5.41, 5.74) is 3.62. The van der Waals surface area contributed by atoms with Crippen LogP contribution in [-0.4, -0.2) is 21.1 Å². The Morgan fingerprint density at radius 2 is 2.05 bits per heavy atom. The van der Waals surface area contributed by atoms with Gasteiger partial charge in [0.1, 0.15) is 5.69 Å². The molecule has 0 saturated heterocycles. The molecule has 106 valence electrons. The monoisotopic (exact) mass is 344 g/mol. The molecule has 0 aliphatic carbocycles. The molecule has 6 heteroatoms. The Kier molecular flexibility index (Phi) is 3.87. The van der Waals surface area contributed by atoms with Crippen molar-refractivity contribution in [2.24, 2.45) is 0 Å². The highest BCUT2D eigenvalue weighted by molar-refractivity contribution is 9.10. The fourth-order valence-electron chi connectivity index (χ4n) is 2.00. The van der Waals surface area contributed by atoms with E-state index in [1.807, 2.05) is 30.3 Å². The number of rotatable bonds is 4. The molecule has 5 nitrogen and oxygen atoms in total. The molecule has 0 unspecified atom stereocenters. The number of carbonyl (C=O) groups is 1. The van der Waals surface area contributed by atoms with Crippen molar-refractivity contribution in [3.63, 3.8) is 0 Å². The molecular formula is C15H13BrN4O. The maximum absolute atomic E-state index is 11.9. The molecule has 0 aliphatic heterocycles. The first kappa shape index (κ1) is 13.6. The second-order valence-electron chi connectivity index (χ2n) is 4.58. The van der Waals surface area contributed by atoms with E-state index in [9.17, 15) is 4.79 Å². The Labute approximate surface area is 129 Å². The van der Waals surface area contributed by atoms with Crippen LogP contribution in [0.25, 0.3) is 11.3 Å². The highest BCUT2D eigenvalue weighted by Gasteiger charge is 2.07. The maximum Gasteiger partial charge on any atom is 0.267 e. The van der Waals surface area contributed by atoms with Crippen LogP contribution in [0.2, 0.25) is 0 Å². The first-order valence-corrected chi connectivity index (χ1v) is 7.22. The molecule has 0 fully saturated rings. The zero-order valence-electron chi connectivity index (χ0n) is 11.1. The molecule has 0 spiro atoms. The Morgan fingerprint density at radius 1 is 1.24 bits per heavy atom. The first-order valence-electron chi connectivity index (χ1n) is 6.43. The van der Waals surface area contributed by atoms with E-state index >= 15 is 0 Å². The molecular weight excluding hydrogens is 332 g/mol. The Bertz CT molecular complexity index is 731. The summed E-state index contributed by atoms with van der Waals surface area (Å²) < 4.78 is 0.858. The van der Waals surface area contributed by atoms with Crippen LogP contribution in [0.3, 0.4) is 0 Å². The molecule has 3 N–H and O–H groups in total. The quantitative estimate of drug-likeness (QED) is 0.680. The van der Waals surface area contributed by atoms with E-state index in [1.165, 1.54) is 0 Å². The number of aromatic nitrogens is 3. The van der Waals surface area contributed by atoms with Crippen molar-refractivity contribution >= 4 is 21.8 Å². The van der Waals surface area contributed by atoms with Gasteiger partial charge in [-0.3, -0.25) is 9.89 Å². The Hall–Kier alpha value is -2.34. The first-order chi connectivity index (χ1) is 10.2. The van der Waals surface area contributed by atoms with Gasteiger partial charge in [0.2, 0.25) is 0 Å². The topological polar surface area (TPSA) is 73.6 Å². The van der Waals surface area contributed by atoms with Crippen molar-refractivity contribution in [1.82, 2.24) is 20.5 Å². The molecule has 21 heavy (non-hydrogen) atoms. The summed E-state index contributed by atoms with van der Waals surface area (Å²) in [6.07, 6.45) is 3.45. The lowest BCUT2D eigenvalue weighted by Crippen LogP contribution is -2.22. The van der Waals surface area contributed by atoms with Gasteiger partial charge in [0.05, 0.1) is 5.69 Å². The van der Waals surface area contributed by atoms with Gasteiger partial charge in [-0.25, -0.2) is 0 Å². The Balaban J connectivity index is 1.62. The van der Waals surface area contributed by atoms with Gasteiger partial charge in [-0.05, 0) is 39.2 Å². The van der Waals surface area contributed by atoms with Crippen molar-refractivity contribution in [3.8, 4) is 11.3 Å². The van der Waals surface area contributed by atoms with Gasteiger partial charge in [0.25, 0.3) is 5.91 Å². The van der Waals surface area contributed by atoms with Gasteiger partial charge < -0.3 is 10.3 Å². The van der Waals surface area contributed by atoms with Crippen LogP contribution in [0, 0.1) is 0 Å². The smallest absolute Gasteiger partial charge is 0.267 e. The zero-order valence-corrected chi connectivity index (χ0v) is 12.6. The molecule has 3 aromatic rings. The predicted octanol–water partition coefficient (Wildman–Crippen LogP) is 3.10. The number of hydrogen-bond donors (Lipinski definition) is 3. The van der Waals surface area contributed by atoms with E-state index in [0.717, 1.165) is 21.3 Å². The van der Waals surface area contributed by atoms with Crippen molar-refractivity contribution in [2.75, 3.05) is 0 Å². The number of benzene rings is 1. The molecule has 0 aliphatic rings. The van der Waals surface area contributed by atoms with Crippen LogP contribution in [0.4, 0.5) is 0 Å². The second kappa shape index (κ2) is 5.97.